The number of likely N-dealkylation sites (tertiary alicyclic amines) is 1. The molecule has 4 rings (SSSR count). The Bertz CT molecular complexity index is 1180. The number of nitrogens with two attached hydrogens (primary N) is 1. The molecule has 0 atom stereocenters. The molecule has 3 aromatic rings. The number of unbranched alkanes of at least 4 members (excludes halogenated alkanes) is 1. The summed E-state index contributed by atoms with van der Waals surface area (Å²) in [5, 5.41) is 8.20. The Morgan fingerprint density at radius 2 is 1.75 bits per heavy atom. The van der Waals surface area contributed by atoms with Gasteiger partial charge in [-0.05, 0) is 42.4 Å². The van der Waals surface area contributed by atoms with E-state index in [0.717, 1.165) is 61.8 Å². The zero-order valence-electron chi connectivity index (χ0n) is 20.3. The van der Waals surface area contributed by atoms with Crippen molar-refractivity contribution in [3.8, 4) is 0 Å². The van der Waals surface area contributed by atoms with Crippen LogP contribution < -0.4 is 5.73 Å². The number of amides is 1. The van der Waals surface area contributed by atoms with Crippen molar-refractivity contribution < 1.29 is 27.9 Å². The first-order chi connectivity index (χ1) is 17.2. The van der Waals surface area contributed by atoms with Crippen molar-refractivity contribution in [2.24, 2.45) is 5.73 Å². The Labute approximate surface area is 208 Å². The first-order valence-electron chi connectivity index (χ1n) is 12.1. The standard InChI is InChI=1S/C25H31N3O.C2HF3O2/c1-2-3-13-28-18-23(22-9-4-5-10-24(22)28)25(29)27-14-11-20(12-15-27)21-8-6-7-19(16-21)17-26;3-2(4,5)1(6)7/h4-10,16,18,20H,2-3,11-15,17,26H2,1H3;(H,6,7). The van der Waals surface area contributed by atoms with Gasteiger partial charge in [-0.25, -0.2) is 4.79 Å². The third-order valence-corrected chi connectivity index (χ3v) is 6.45. The fourth-order valence-electron chi connectivity index (χ4n) is 4.49. The predicted molar refractivity (Wildman–Crippen MR) is 133 cm³/mol. The molecule has 36 heavy (non-hydrogen) atoms. The van der Waals surface area contributed by atoms with Crippen LogP contribution >= 0.6 is 0 Å². The number of carbonyl (C=O) groups excluding carboxylic acids is 1. The van der Waals surface area contributed by atoms with E-state index >= 15 is 0 Å². The molecule has 1 aromatic heterocycles. The van der Waals surface area contributed by atoms with Crippen LogP contribution in [-0.4, -0.2) is 45.7 Å². The van der Waals surface area contributed by atoms with Crippen LogP contribution in [0.4, 0.5) is 13.2 Å². The van der Waals surface area contributed by atoms with E-state index < -0.39 is 12.1 Å². The highest BCUT2D eigenvalue weighted by Crippen LogP contribution is 2.30. The predicted octanol–water partition coefficient (Wildman–Crippen LogP) is 5.55. The van der Waals surface area contributed by atoms with Crippen molar-refractivity contribution in [3.63, 3.8) is 0 Å². The molecule has 6 nitrogen and oxygen atoms in total. The molecule has 0 spiro atoms. The number of fused-ring (bicyclic) bond motifs is 1. The van der Waals surface area contributed by atoms with Gasteiger partial charge >= 0.3 is 12.1 Å². The SMILES string of the molecule is CCCCn1cc(C(=O)N2CCC(c3cccc(CN)c3)CC2)c2ccccc21.O=C(O)C(F)(F)F. The lowest BCUT2D eigenvalue weighted by Crippen LogP contribution is -2.37. The summed E-state index contributed by atoms with van der Waals surface area (Å²) in [4.78, 5) is 24.3. The van der Waals surface area contributed by atoms with Crippen LogP contribution in [0.3, 0.4) is 0 Å². The lowest BCUT2D eigenvalue weighted by molar-refractivity contribution is -0.192. The fraction of sp³-hybridized carbons (Fsp3) is 0.407. The van der Waals surface area contributed by atoms with Crippen molar-refractivity contribution in [2.45, 2.75) is 57.8 Å². The molecule has 0 radical (unpaired) electrons. The molecule has 1 fully saturated rings. The number of carboxylic acid groups (broad SMARTS) is 1. The molecule has 1 saturated heterocycles. The van der Waals surface area contributed by atoms with Gasteiger partial charge in [-0.1, -0.05) is 55.8 Å². The molecule has 1 amide bonds. The van der Waals surface area contributed by atoms with E-state index in [1.165, 1.54) is 11.1 Å². The number of piperidine rings is 1. The van der Waals surface area contributed by atoms with Gasteiger partial charge in [-0.15, -0.1) is 0 Å². The minimum absolute atomic E-state index is 0.172. The van der Waals surface area contributed by atoms with Crippen LogP contribution in [0.15, 0.2) is 54.7 Å². The molecular formula is C27H32F3N3O3. The van der Waals surface area contributed by atoms with E-state index in [4.69, 9.17) is 15.6 Å². The van der Waals surface area contributed by atoms with E-state index in [-0.39, 0.29) is 5.91 Å². The van der Waals surface area contributed by atoms with E-state index in [1.807, 2.05) is 11.0 Å². The van der Waals surface area contributed by atoms with Gasteiger partial charge in [0, 0.05) is 43.3 Å². The van der Waals surface area contributed by atoms with E-state index in [0.29, 0.717) is 12.5 Å². The Kier molecular flexibility index (Phi) is 9.14. The number of hydrogen-bond acceptors (Lipinski definition) is 3. The number of aromatic nitrogens is 1. The second-order valence-electron chi connectivity index (χ2n) is 8.93. The van der Waals surface area contributed by atoms with Gasteiger partial charge < -0.3 is 20.3 Å². The molecule has 194 valence electrons. The van der Waals surface area contributed by atoms with Crippen LogP contribution in [0.25, 0.3) is 10.9 Å². The number of carboxylic acids is 1. The molecule has 1 aliphatic rings. The topological polar surface area (TPSA) is 88.6 Å². The van der Waals surface area contributed by atoms with E-state index in [1.54, 1.807) is 0 Å². The summed E-state index contributed by atoms with van der Waals surface area (Å²) >= 11 is 0. The molecule has 9 heteroatoms. The third kappa shape index (κ3) is 6.66. The summed E-state index contributed by atoms with van der Waals surface area (Å²) in [6.07, 6.45) is 1.27. The largest absolute Gasteiger partial charge is 0.490 e. The molecule has 0 saturated carbocycles. The summed E-state index contributed by atoms with van der Waals surface area (Å²) in [7, 11) is 0. The number of para-hydroxylation sites is 1. The van der Waals surface area contributed by atoms with Crippen molar-refractivity contribution in [1.82, 2.24) is 9.47 Å². The average Bonchev–Trinajstić information content (AvgIpc) is 3.25. The molecule has 0 unspecified atom stereocenters. The highest BCUT2D eigenvalue weighted by molar-refractivity contribution is 6.07. The summed E-state index contributed by atoms with van der Waals surface area (Å²) in [6.45, 7) is 5.36. The van der Waals surface area contributed by atoms with Crippen LogP contribution in [0.1, 0.15) is 60.0 Å². The normalized spacial score (nSPS) is 14.4. The highest BCUT2D eigenvalue weighted by Gasteiger charge is 2.38. The number of aryl methyl sites for hydroxylation is 1. The van der Waals surface area contributed by atoms with Crippen molar-refractivity contribution in [2.75, 3.05) is 13.1 Å². The lowest BCUT2D eigenvalue weighted by Gasteiger charge is -2.32. The van der Waals surface area contributed by atoms with Crippen LogP contribution in [-0.2, 0) is 17.9 Å². The number of hydrogen-bond donors (Lipinski definition) is 2. The van der Waals surface area contributed by atoms with Crippen LogP contribution in [0.5, 0.6) is 0 Å². The van der Waals surface area contributed by atoms with Gasteiger partial charge in [-0.3, -0.25) is 4.79 Å². The number of benzene rings is 2. The monoisotopic (exact) mass is 503 g/mol. The number of halogens is 3. The maximum atomic E-state index is 13.3. The fourth-order valence-corrected chi connectivity index (χ4v) is 4.49. The number of carbonyl (C=O) groups is 2. The number of nitrogens with zero attached hydrogens (tertiary/aromatic N) is 2. The minimum atomic E-state index is -5.08. The van der Waals surface area contributed by atoms with Crippen molar-refractivity contribution in [1.29, 1.82) is 0 Å². The van der Waals surface area contributed by atoms with Gasteiger partial charge in [0.1, 0.15) is 0 Å². The number of alkyl halides is 3. The number of rotatable bonds is 6. The molecule has 2 heterocycles. The Morgan fingerprint density at radius 3 is 2.36 bits per heavy atom. The molecule has 3 N–H and O–H groups in total. The first kappa shape index (κ1) is 27.3. The smallest absolute Gasteiger partial charge is 0.475 e. The zero-order valence-corrected chi connectivity index (χ0v) is 20.3. The molecule has 2 aromatic carbocycles. The quantitative estimate of drug-likeness (QED) is 0.461. The second kappa shape index (κ2) is 12.1. The third-order valence-electron chi connectivity index (χ3n) is 6.45. The summed E-state index contributed by atoms with van der Waals surface area (Å²) in [5.41, 5.74) is 10.3. The van der Waals surface area contributed by atoms with Crippen molar-refractivity contribution >= 4 is 22.8 Å². The summed E-state index contributed by atoms with van der Waals surface area (Å²) in [6, 6.07) is 16.9. The molecule has 0 aliphatic carbocycles. The summed E-state index contributed by atoms with van der Waals surface area (Å²) in [5.74, 6) is -2.07. The van der Waals surface area contributed by atoms with Crippen molar-refractivity contribution in [3.05, 3.63) is 71.4 Å². The molecule has 1 aliphatic heterocycles. The molecule has 0 bridgehead atoms. The lowest BCUT2D eigenvalue weighted by atomic mass is 9.88. The maximum absolute atomic E-state index is 13.3. The van der Waals surface area contributed by atoms with Gasteiger partial charge in [-0.2, -0.15) is 13.2 Å². The number of aliphatic carboxylic acids is 1. The van der Waals surface area contributed by atoms with Crippen LogP contribution in [0.2, 0.25) is 0 Å². The summed E-state index contributed by atoms with van der Waals surface area (Å²) < 4.78 is 34.0. The van der Waals surface area contributed by atoms with Gasteiger partial charge in [0.2, 0.25) is 0 Å². The highest BCUT2D eigenvalue weighted by atomic mass is 19.4. The maximum Gasteiger partial charge on any atom is 0.490 e. The Balaban J connectivity index is 0.000000454. The van der Waals surface area contributed by atoms with Gasteiger partial charge in [0.25, 0.3) is 5.91 Å². The second-order valence-corrected chi connectivity index (χ2v) is 8.93. The van der Waals surface area contributed by atoms with E-state index in [9.17, 15) is 18.0 Å². The molecular weight excluding hydrogens is 471 g/mol. The Hall–Kier alpha value is -3.33. The van der Waals surface area contributed by atoms with Gasteiger partial charge in [0.05, 0.1) is 5.56 Å². The van der Waals surface area contributed by atoms with Crippen LogP contribution in [0, 0.1) is 0 Å². The van der Waals surface area contributed by atoms with E-state index in [2.05, 4.69) is 60.2 Å². The zero-order chi connectivity index (χ0) is 26.3. The minimum Gasteiger partial charge on any atom is -0.475 e. The Morgan fingerprint density at radius 1 is 1.08 bits per heavy atom. The van der Waals surface area contributed by atoms with Gasteiger partial charge in [0.15, 0.2) is 0 Å². The first-order valence-corrected chi connectivity index (χ1v) is 12.1. The average molecular weight is 504 g/mol.